The molecule has 1 aliphatic carbocycles. The molecule has 0 fully saturated rings. The van der Waals surface area contributed by atoms with Crippen molar-refractivity contribution in [3.05, 3.63) is 28.4 Å². The lowest BCUT2D eigenvalue weighted by Crippen LogP contribution is -2.33. The van der Waals surface area contributed by atoms with Crippen molar-refractivity contribution in [2.45, 2.75) is 13.3 Å². The fourth-order valence-electron chi connectivity index (χ4n) is 2.81. The molecule has 0 heterocycles. The van der Waals surface area contributed by atoms with E-state index in [9.17, 15) is 14.7 Å². The van der Waals surface area contributed by atoms with Gasteiger partial charge in [0.05, 0.1) is 20.1 Å². The van der Waals surface area contributed by atoms with Crippen molar-refractivity contribution in [3.63, 3.8) is 0 Å². The summed E-state index contributed by atoms with van der Waals surface area (Å²) in [6.07, 6.45) is 1.47. The Balaban J connectivity index is 2.57. The number of aromatic hydroxyl groups is 1. The lowest BCUT2D eigenvalue weighted by Gasteiger charge is -2.27. The molecule has 0 bridgehead atoms. The molecule has 23 heavy (non-hydrogen) atoms. The first-order valence-corrected chi connectivity index (χ1v) is 7.37. The first-order chi connectivity index (χ1) is 10.8. The second-order valence-corrected chi connectivity index (χ2v) is 5.83. The highest BCUT2D eigenvalue weighted by Gasteiger charge is 2.36. The summed E-state index contributed by atoms with van der Waals surface area (Å²) < 4.78 is 10.2. The van der Waals surface area contributed by atoms with E-state index in [1.165, 1.54) is 26.4 Å². The molecule has 2 rings (SSSR count). The molecule has 2 unspecified atom stereocenters. The Hall–Kier alpha value is -2.21. The maximum absolute atomic E-state index is 12.9. The molecule has 0 aliphatic heterocycles. The molecule has 124 valence electrons. The van der Waals surface area contributed by atoms with Crippen LogP contribution in [0, 0.1) is 11.8 Å². The van der Waals surface area contributed by atoms with Gasteiger partial charge in [-0.05, 0) is 5.92 Å². The Bertz CT molecular complexity index is 698. The van der Waals surface area contributed by atoms with Crippen LogP contribution in [0.4, 0.5) is 0 Å². The van der Waals surface area contributed by atoms with Crippen LogP contribution in [0.25, 0.3) is 0 Å². The van der Waals surface area contributed by atoms with Gasteiger partial charge in [-0.25, -0.2) is 0 Å². The van der Waals surface area contributed by atoms with Gasteiger partial charge in [0.2, 0.25) is 0 Å². The van der Waals surface area contributed by atoms with Crippen molar-refractivity contribution in [1.82, 2.24) is 0 Å². The number of phenols is 1. The smallest absolute Gasteiger partial charge is 0.179 e. The van der Waals surface area contributed by atoms with Crippen molar-refractivity contribution in [2.75, 3.05) is 14.2 Å². The first-order valence-electron chi connectivity index (χ1n) is 6.99. The Labute approximate surface area is 138 Å². The van der Waals surface area contributed by atoms with E-state index in [2.05, 4.69) is 0 Å². The molecule has 0 aromatic heterocycles. The van der Waals surface area contributed by atoms with Crippen LogP contribution in [0.1, 0.15) is 23.7 Å². The molecule has 0 saturated heterocycles. The SMILES string of the molecule is COc1cc(OC)c(C(=O)C2C(N)=CC(=O)CC2C)c(O)c1Cl. The maximum atomic E-state index is 12.9. The number of Topliss-reactive ketones (excluding diaryl/α,β-unsaturated/α-hetero) is 1. The number of halogens is 1. The van der Waals surface area contributed by atoms with Crippen molar-refractivity contribution in [1.29, 1.82) is 0 Å². The zero-order chi connectivity index (χ0) is 17.3. The number of ketones is 2. The molecule has 1 aliphatic rings. The lowest BCUT2D eigenvalue weighted by atomic mass is 9.77. The Morgan fingerprint density at radius 1 is 1.35 bits per heavy atom. The average molecular weight is 340 g/mol. The molecule has 0 amide bonds. The molecule has 0 radical (unpaired) electrons. The zero-order valence-electron chi connectivity index (χ0n) is 13.1. The van der Waals surface area contributed by atoms with Gasteiger partial charge < -0.3 is 20.3 Å². The molecule has 0 saturated carbocycles. The topological polar surface area (TPSA) is 98.9 Å². The third kappa shape index (κ3) is 2.99. The predicted molar refractivity (Wildman–Crippen MR) is 85.1 cm³/mol. The van der Waals surface area contributed by atoms with E-state index in [0.29, 0.717) is 0 Å². The number of methoxy groups -OCH3 is 2. The van der Waals surface area contributed by atoms with Gasteiger partial charge in [0.25, 0.3) is 0 Å². The number of carbonyl (C=O) groups is 2. The van der Waals surface area contributed by atoms with E-state index in [4.69, 9.17) is 26.8 Å². The standard InChI is InChI=1S/C16H18ClNO5/c1-7-4-8(19)5-9(18)12(7)15(20)13-10(22-2)6-11(23-3)14(17)16(13)21/h5-7,12,21H,4,18H2,1-3H3. The van der Waals surface area contributed by atoms with E-state index < -0.39 is 17.5 Å². The maximum Gasteiger partial charge on any atom is 0.179 e. The average Bonchev–Trinajstić information content (AvgIpc) is 2.48. The highest BCUT2D eigenvalue weighted by molar-refractivity contribution is 6.34. The van der Waals surface area contributed by atoms with Gasteiger partial charge in [0, 0.05) is 24.3 Å². The number of allylic oxidation sites excluding steroid dienone is 2. The van der Waals surface area contributed by atoms with E-state index >= 15 is 0 Å². The monoisotopic (exact) mass is 339 g/mol. The third-order valence-corrected chi connectivity index (χ3v) is 4.28. The fraction of sp³-hybridized carbons (Fsp3) is 0.375. The van der Waals surface area contributed by atoms with Gasteiger partial charge in [0.15, 0.2) is 17.3 Å². The second-order valence-electron chi connectivity index (χ2n) is 5.45. The van der Waals surface area contributed by atoms with Gasteiger partial charge >= 0.3 is 0 Å². The lowest BCUT2D eigenvalue weighted by molar-refractivity contribution is -0.116. The van der Waals surface area contributed by atoms with Crippen LogP contribution in [-0.4, -0.2) is 30.9 Å². The van der Waals surface area contributed by atoms with Crippen LogP contribution in [0.5, 0.6) is 17.2 Å². The number of carbonyl (C=O) groups excluding carboxylic acids is 2. The number of phenolic OH excluding ortho intramolecular Hbond substituents is 1. The van der Waals surface area contributed by atoms with Gasteiger partial charge in [0.1, 0.15) is 22.1 Å². The summed E-state index contributed by atoms with van der Waals surface area (Å²) in [7, 11) is 2.75. The van der Waals surface area contributed by atoms with Gasteiger partial charge in [-0.3, -0.25) is 9.59 Å². The summed E-state index contributed by atoms with van der Waals surface area (Å²) in [6.45, 7) is 1.76. The number of hydrogen-bond acceptors (Lipinski definition) is 6. The summed E-state index contributed by atoms with van der Waals surface area (Å²) in [5.74, 6) is -1.69. The second kappa shape index (κ2) is 6.50. The van der Waals surface area contributed by atoms with Crippen molar-refractivity contribution in [2.24, 2.45) is 17.6 Å². The molecule has 7 heteroatoms. The van der Waals surface area contributed by atoms with Crippen LogP contribution in [0.3, 0.4) is 0 Å². The molecule has 6 nitrogen and oxygen atoms in total. The molecule has 3 N–H and O–H groups in total. The number of hydrogen-bond donors (Lipinski definition) is 2. The van der Waals surface area contributed by atoms with Gasteiger partial charge in [-0.15, -0.1) is 0 Å². The summed E-state index contributed by atoms with van der Waals surface area (Å²) >= 11 is 6.02. The zero-order valence-corrected chi connectivity index (χ0v) is 13.8. The minimum Gasteiger partial charge on any atom is -0.505 e. The van der Waals surface area contributed by atoms with Crippen molar-refractivity contribution < 1.29 is 24.2 Å². The van der Waals surface area contributed by atoms with Crippen molar-refractivity contribution in [3.8, 4) is 17.2 Å². The Morgan fingerprint density at radius 2 is 1.96 bits per heavy atom. The summed E-state index contributed by atoms with van der Waals surface area (Å²) in [6, 6.07) is 1.42. The normalized spacial score (nSPS) is 20.9. The van der Waals surface area contributed by atoms with Gasteiger partial charge in [-0.2, -0.15) is 0 Å². The number of rotatable bonds is 4. The van der Waals surface area contributed by atoms with Crippen LogP contribution in [-0.2, 0) is 4.79 Å². The molecule has 0 spiro atoms. The van der Waals surface area contributed by atoms with E-state index in [1.54, 1.807) is 6.92 Å². The van der Waals surface area contributed by atoms with E-state index in [-0.39, 0.29) is 45.9 Å². The number of benzene rings is 1. The highest BCUT2D eigenvalue weighted by Crippen LogP contribution is 2.44. The highest BCUT2D eigenvalue weighted by atomic mass is 35.5. The molecular formula is C16H18ClNO5. The van der Waals surface area contributed by atoms with Gasteiger partial charge in [-0.1, -0.05) is 18.5 Å². The van der Waals surface area contributed by atoms with Crippen LogP contribution < -0.4 is 15.2 Å². The molecular weight excluding hydrogens is 322 g/mol. The Morgan fingerprint density at radius 3 is 2.48 bits per heavy atom. The van der Waals surface area contributed by atoms with Crippen molar-refractivity contribution >= 4 is 23.2 Å². The molecule has 1 aromatic rings. The predicted octanol–water partition coefficient (Wildman–Crippen LogP) is 2.31. The third-order valence-electron chi connectivity index (χ3n) is 3.92. The van der Waals surface area contributed by atoms with Crippen LogP contribution >= 0.6 is 11.6 Å². The first kappa shape index (κ1) is 17.1. The van der Waals surface area contributed by atoms with Crippen LogP contribution in [0.2, 0.25) is 5.02 Å². The summed E-state index contributed by atoms with van der Waals surface area (Å²) in [5.41, 5.74) is 5.98. The van der Waals surface area contributed by atoms with E-state index in [1.807, 2.05) is 0 Å². The quantitative estimate of drug-likeness (QED) is 0.817. The minimum absolute atomic E-state index is 0.0687. The van der Waals surface area contributed by atoms with Crippen LogP contribution in [0.15, 0.2) is 17.8 Å². The Kier molecular flexibility index (Phi) is 4.85. The van der Waals surface area contributed by atoms with E-state index in [0.717, 1.165) is 0 Å². The summed E-state index contributed by atoms with van der Waals surface area (Å²) in [4.78, 5) is 24.4. The number of ether oxygens (including phenoxy) is 2. The summed E-state index contributed by atoms with van der Waals surface area (Å²) in [5, 5.41) is 10.2. The largest absolute Gasteiger partial charge is 0.505 e. The fourth-order valence-corrected chi connectivity index (χ4v) is 3.04. The number of nitrogens with two attached hydrogens (primary N) is 1. The molecule has 1 aromatic carbocycles. The molecule has 2 atom stereocenters. The minimum atomic E-state index is -0.725.